The summed E-state index contributed by atoms with van der Waals surface area (Å²) in [5, 5.41) is 2.99. The summed E-state index contributed by atoms with van der Waals surface area (Å²) in [5.41, 5.74) is 0.897. The summed E-state index contributed by atoms with van der Waals surface area (Å²) in [6, 6.07) is 11.1. The van der Waals surface area contributed by atoms with Crippen molar-refractivity contribution in [2.24, 2.45) is 5.92 Å². The zero-order chi connectivity index (χ0) is 17.0. The van der Waals surface area contributed by atoms with Crippen molar-refractivity contribution in [2.75, 3.05) is 13.1 Å². The first-order valence-electron chi connectivity index (χ1n) is 8.55. The van der Waals surface area contributed by atoms with E-state index in [9.17, 15) is 4.79 Å². The second-order valence-electron chi connectivity index (χ2n) is 7.57. The van der Waals surface area contributed by atoms with E-state index in [1.54, 1.807) is 0 Å². The molecule has 0 saturated carbocycles. The number of amides is 1. The van der Waals surface area contributed by atoms with Crippen molar-refractivity contribution >= 4 is 6.09 Å². The zero-order valence-corrected chi connectivity index (χ0v) is 15.0. The Balaban J connectivity index is 1.86. The highest BCUT2D eigenvalue weighted by Gasteiger charge is 2.31. The number of likely N-dealkylation sites (tertiary alicyclic amines) is 1. The lowest BCUT2D eigenvalue weighted by Crippen LogP contribution is -2.42. The predicted molar refractivity (Wildman–Crippen MR) is 93.4 cm³/mol. The van der Waals surface area contributed by atoms with Crippen molar-refractivity contribution in [3.63, 3.8) is 0 Å². The van der Waals surface area contributed by atoms with Crippen molar-refractivity contribution in [2.45, 2.75) is 58.7 Å². The van der Waals surface area contributed by atoms with Gasteiger partial charge in [0, 0.05) is 18.6 Å². The molecule has 2 rings (SSSR count). The van der Waals surface area contributed by atoms with Crippen molar-refractivity contribution < 1.29 is 9.53 Å². The molecule has 1 aliphatic heterocycles. The van der Waals surface area contributed by atoms with Crippen LogP contribution in [0.1, 0.15) is 52.6 Å². The van der Waals surface area contributed by atoms with E-state index < -0.39 is 5.60 Å². The van der Waals surface area contributed by atoms with Crippen LogP contribution in [0.25, 0.3) is 0 Å². The van der Waals surface area contributed by atoms with Crippen LogP contribution in [0.5, 0.6) is 0 Å². The molecule has 128 valence electrons. The normalized spacial score (nSPS) is 21.7. The molecule has 1 saturated heterocycles. The summed E-state index contributed by atoms with van der Waals surface area (Å²) < 4.78 is 5.35. The molecule has 0 unspecified atom stereocenters. The Kier molecular flexibility index (Phi) is 5.69. The molecule has 23 heavy (non-hydrogen) atoms. The lowest BCUT2D eigenvalue weighted by molar-refractivity contribution is 0.0492. The molecule has 0 radical (unpaired) electrons. The number of rotatable bonds is 4. The highest BCUT2D eigenvalue weighted by Crippen LogP contribution is 2.28. The molecule has 1 aromatic carbocycles. The molecule has 3 atom stereocenters. The molecule has 0 aliphatic carbocycles. The van der Waals surface area contributed by atoms with Crippen molar-refractivity contribution in [1.82, 2.24) is 10.2 Å². The Hall–Kier alpha value is -1.55. The first-order chi connectivity index (χ1) is 10.8. The number of benzene rings is 1. The lowest BCUT2D eigenvalue weighted by atomic mass is 10.0. The Bertz CT molecular complexity index is 510. The van der Waals surface area contributed by atoms with E-state index in [1.165, 1.54) is 5.56 Å². The number of hydrogen-bond acceptors (Lipinski definition) is 3. The quantitative estimate of drug-likeness (QED) is 0.913. The van der Waals surface area contributed by atoms with Gasteiger partial charge in [-0.05, 0) is 59.1 Å². The predicted octanol–water partition coefficient (Wildman–Crippen LogP) is 3.98. The largest absolute Gasteiger partial charge is 0.444 e. The molecular formula is C19H30N2O2. The van der Waals surface area contributed by atoms with E-state index in [-0.39, 0.29) is 12.1 Å². The molecule has 1 heterocycles. The summed E-state index contributed by atoms with van der Waals surface area (Å²) in [5.74, 6) is 0.466. The van der Waals surface area contributed by atoms with Gasteiger partial charge in [0.2, 0.25) is 0 Å². The lowest BCUT2D eigenvalue weighted by Gasteiger charge is -2.27. The highest BCUT2D eigenvalue weighted by atomic mass is 16.6. The minimum absolute atomic E-state index is 0.123. The summed E-state index contributed by atoms with van der Waals surface area (Å²) in [4.78, 5) is 14.4. The Morgan fingerprint density at radius 3 is 2.52 bits per heavy atom. The standard InChI is InChI=1S/C19H30N2O2/c1-14(20-18(22)23-19(3,4)5)17-11-12-21(13-17)15(2)16-9-7-6-8-10-16/h6-10,14-15,17H,11-13H2,1-5H3,(H,20,22)/t14-,15-,17+/m1/s1. The Morgan fingerprint density at radius 1 is 1.26 bits per heavy atom. The van der Waals surface area contributed by atoms with Gasteiger partial charge in [0.05, 0.1) is 0 Å². The van der Waals surface area contributed by atoms with Gasteiger partial charge in [-0.1, -0.05) is 30.3 Å². The number of nitrogens with one attached hydrogen (secondary N) is 1. The van der Waals surface area contributed by atoms with Crippen LogP contribution in [0.2, 0.25) is 0 Å². The molecule has 0 aromatic heterocycles. The van der Waals surface area contributed by atoms with Gasteiger partial charge in [-0.15, -0.1) is 0 Å². The summed E-state index contributed by atoms with van der Waals surface area (Å²) in [6.45, 7) is 12.1. The molecule has 1 amide bonds. The van der Waals surface area contributed by atoms with Gasteiger partial charge in [0.25, 0.3) is 0 Å². The number of hydrogen-bond donors (Lipinski definition) is 1. The number of carbonyl (C=O) groups is 1. The van der Waals surface area contributed by atoms with Crippen LogP contribution in [0, 0.1) is 5.92 Å². The van der Waals surface area contributed by atoms with Crippen LogP contribution >= 0.6 is 0 Å². The highest BCUT2D eigenvalue weighted by molar-refractivity contribution is 5.68. The Labute approximate surface area is 140 Å². The average Bonchev–Trinajstić information content (AvgIpc) is 2.95. The van der Waals surface area contributed by atoms with Gasteiger partial charge in [0.15, 0.2) is 0 Å². The number of alkyl carbamates (subject to hydrolysis) is 1. The van der Waals surface area contributed by atoms with Crippen LogP contribution in [0.3, 0.4) is 0 Å². The van der Waals surface area contributed by atoms with Crippen molar-refractivity contribution in [3.8, 4) is 0 Å². The minimum Gasteiger partial charge on any atom is -0.444 e. The first-order valence-corrected chi connectivity index (χ1v) is 8.55. The van der Waals surface area contributed by atoms with Crippen LogP contribution in [-0.4, -0.2) is 35.7 Å². The SMILES string of the molecule is C[C@H](c1ccccc1)N1CC[C@H]([C@@H](C)NC(=O)OC(C)(C)C)C1. The summed E-state index contributed by atoms with van der Waals surface area (Å²) >= 11 is 0. The summed E-state index contributed by atoms with van der Waals surface area (Å²) in [6.07, 6.45) is 0.785. The smallest absolute Gasteiger partial charge is 0.407 e. The Morgan fingerprint density at radius 2 is 1.91 bits per heavy atom. The molecule has 4 heteroatoms. The maximum absolute atomic E-state index is 11.9. The van der Waals surface area contributed by atoms with Gasteiger partial charge in [-0.25, -0.2) is 4.79 Å². The second kappa shape index (κ2) is 7.35. The molecule has 0 bridgehead atoms. The fourth-order valence-corrected chi connectivity index (χ4v) is 3.13. The average molecular weight is 318 g/mol. The van der Waals surface area contributed by atoms with Crippen LogP contribution < -0.4 is 5.32 Å². The molecular weight excluding hydrogens is 288 g/mol. The van der Waals surface area contributed by atoms with Gasteiger partial charge >= 0.3 is 6.09 Å². The van der Waals surface area contributed by atoms with E-state index in [2.05, 4.69) is 54.4 Å². The van der Waals surface area contributed by atoms with Crippen LogP contribution in [0.15, 0.2) is 30.3 Å². The van der Waals surface area contributed by atoms with Crippen molar-refractivity contribution in [1.29, 1.82) is 0 Å². The molecule has 1 fully saturated rings. The fourth-order valence-electron chi connectivity index (χ4n) is 3.13. The maximum Gasteiger partial charge on any atom is 0.407 e. The number of ether oxygens (including phenoxy) is 1. The monoisotopic (exact) mass is 318 g/mol. The second-order valence-corrected chi connectivity index (χ2v) is 7.57. The van der Waals surface area contributed by atoms with E-state index in [1.807, 2.05) is 20.8 Å². The third kappa shape index (κ3) is 5.24. The van der Waals surface area contributed by atoms with E-state index in [0.717, 1.165) is 19.5 Å². The zero-order valence-electron chi connectivity index (χ0n) is 15.0. The van der Waals surface area contributed by atoms with Gasteiger partial charge in [-0.3, -0.25) is 4.90 Å². The van der Waals surface area contributed by atoms with Gasteiger partial charge in [-0.2, -0.15) is 0 Å². The first kappa shape index (κ1) is 17.8. The molecule has 1 aromatic rings. The van der Waals surface area contributed by atoms with Gasteiger partial charge < -0.3 is 10.1 Å². The van der Waals surface area contributed by atoms with Crippen LogP contribution in [-0.2, 0) is 4.74 Å². The van der Waals surface area contributed by atoms with E-state index in [0.29, 0.717) is 12.0 Å². The van der Waals surface area contributed by atoms with Crippen LogP contribution in [0.4, 0.5) is 4.79 Å². The number of carbonyl (C=O) groups excluding carboxylic acids is 1. The molecule has 1 aliphatic rings. The fraction of sp³-hybridized carbons (Fsp3) is 0.632. The van der Waals surface area contributed by atoms with E-state index in [4.69, 9.17) is 4.74 Å². The topological polar surface area (TPSA) is 41.6 Å². The third-order valence-electron chi connectivity index (χ3n) is 4.54. The third-order valence-corrected chi connectivity index (χ3v) is 4.54. The van der Waals surface area contributed by atoms with Gasteiger partial charge in [0.1, 0.15) is 5.60 Å². The summed E-state index contributed by atoms with van der Waals surface area (Å²) in [7, 11) is 0. The maximum atomic E-state index is 11.9. The molecule has 4 nitrogen and oxygen atoms in total. The van der Waals surface area contributed by atoms with E-state index >= 15 is 0 Å². The number of nitrogens with zero attached hydrogens (tertiary/aromatic N) is 1. The van der Waals surface area contributed by atoms with Crippen molar-refractivity contribution in [3.05, 3.63) is 35.9 Å². The molecule has 0 spiro atoms. The molecule has 1 N–H and O–H groups in total. The minimum atomic E-state index is -0.451.